The van der Waals surface area contributed by atoms with Gasteiger partial charge in [0.15, 0.2) is 0 Å². The quantitative estimate of drug-likeness (QED) is 0.533. The zero-order chi connectivity index (χ0) is 12.2. The van der Waals surface area contributed by atoms with Gasteiger partial charge in [0.2, 0.25) is 0 Å². The molecular formula is C16H16O. The largest absolute Gasteiger partial charge is 0.460 e. The molecule has 0 spiro atoms. The van der Waals surface area contributed by atoms with Crippen LogP contribution in [0.1, 0.15) is 22.5 Å². The Bertz CT molecular complexity index is 732. The smallest absolute Gasteiger partial charge is 0.142 e. The summed E-state index contributed by atoms with van der Waals surface area (Å²) >= 11 is 0. The van der Waals surface area contributed by atoms with Gasteiger partial charge >= 0.3 is 0 Å². The maximum absolute atomic E-state index is 5.95. The van der Waals surface area contributed by atoms with Gasteiger partial charge in [-0.3, -0.25) is 0 Å². The molecule has 2 aromatic carbocycles. The molecule has 0 unspecified atom stereocenters. The second kappa shape index (κ2) is 3.36. The molecule has 0 aliphatic heterocycles. The van der Waals surface area contributed by atoms with Gasteiger partial charge in [0.25, 0.3) is 0 Å². The summed E-state index contributed by atoms with van der Waals surface area (Å²) in [6.07, 6.45) is 0. The Hall–Kier alpha value is -1.76. The van der Waals surface area contributed by atoms with E-state index in [0.717, 1.165) is 11.3 Å². The minimum Gasteiger partial charge on any atom is -0.460 e. The van der Waals surface area contributed by atoms with E-state index in [9.17, 15) is 0 Å². The third-order valence-corrected chi connectivity index (χ3v) is 3.90. The van der Waals surface area contributed by atoms with Gasteiger partial charge in [-0.15, -0.1) is 0 Å². The lowest BCUT2D eigenvalue weighted by Crippen LogP contribution is -1.87. The van der Waals surface area contributed by atoms with Gasteiger partial charge in [-0.1, -0.05) is 24.3 Å². The highest BCUT2D eigenvalue weighted by molar-refractivity contribution is 6.09. The molecule has 1 heterocycles. The predicted octanol–water partition coefficient (Wildman–Crippen LogP) is 4.82. The summed E-state index contributed by atoms with van der Waals surface area (Å²) in [4.78, 5) is 0. The standard InChI is InChI=1S/C16H16O/c1-9-10(2)15-11(3)12(4)17-16(15)14-8-6-5-7-13(9)14/h5-8H,1-4H3. The predicted molar refractivity (Wildman–Crippen MR) is 72.7 cm³/mol. The Labute approximate surface area is 101 Å². The number of hydrogen-bond donors (Lipinski definition) is 0. The van der Waals surface area contributed by atoms with Crippen LogP contribution in [0.3, 0.4) is 0 Å². The molecule has 0 amide bonds. The molecule has 1 aromatic heterocycles. The molecular weight excluding hydrogens is 208 g/mol. The summed E-state index contributed by atoms with van der Waals surface area (Å²) in [5.74, 6) is 1.03. The molecule has 1 nitrogen and oxygen atoms in total. The highest BCUT2D eigenvalue weighted by Crippen LogP contribution is 2.36. The fourth-order valence-corrected chi connectivity index (χ4v) is 2.67. The van der Waals surface area contributed by atoms with E-state index in [-0.39, 0.29) is 0 Å². The Morgan fingerprint density at radius 3 is 2.12 bits per heavy atom. The van der Waals surface area contributed by atoms with E-state index in [0.29, 0.717) is 0 Å². The minimum atomic E-state index is 1.03. The van der Waals surface area contributed by atoms with Crippen molar-refractivity contribution in [3.8, 4) is 0 Å². The summed E-state index contributed by atoms with van der Waals surface area (Å²) in [5, 5.41) is 3.81. The van der Waals surface area contributed by atoms with Gasteiger partial charge in [-0.05, 0) is 49.8 Å². The maximum Gasteiger partial charge on any atom is 0.142 e. The average molecular weight is 224 g/mol. The Balaban J connectivity index is 2.70. The molecule has 0 bridgehead atoms. The Kier molecular flexibility index (Phi) is 2.06. The third-order valence-electron chi connectivity index (χ3n) is 3.90. The molecule has 3 aromatic rings. The highest BCUT2D eigenvalue weighted by Gasteiger charge is 2.15. The fourth-order valence-electron chi connectivity index (χ4n) is 2.67. The molecule has 0 N–H and O–H groups in total. The summed E-state index contributed by atoms with van der Waals surface area (Å²) < 4.78 is 5.95. The zero-order valence-corrected chi connectivity index (χ0v) is 10.7. The number of hydrogen-bond acceptors (Lipinski definition) is 1. The van der Waals surface area contributed by atoms with E-state index in [1.165, 1.54) is 32.8 Å². The van der Waals surface area contributed by atoms with Gasteiger partial charge < -0.3 is 4.42 Å². The number of furan rings is 1. The van der Waals surface area contributed by atoms with E-state index in [4.69, 9.17) is 4.42 Å². The van der Waals surface area contributed by atoms with Crippen LogP contribution in [0.4, 0.5) is 0 Å². The van der Waals surface area contributed by atoms with Crippen molar-refractivity contribution in [1.82, 2.24) is 0 Å². The van der Waals surface area contributed by atoms with E-state index in [2.05, 4.69) is 45.0 Å². The zero-order valence-electron chi connectivity index (χ0n) is 10.7. The Morgan fingerprint density at radius 2 is 1.41 bits per heavy atom. The number of benzene rings is 2. The molecule has 0 atom stereocenters. The molecule has 17 heavy (non-hydrogen) atoms. The average Bonchev–Trinajstić information content (AvgIpc) is 2.63. The van der Waals surface area contributed by atoms with Crippen molar-refractivity contribution < 1.29 is 4.42 Å². The van der Waals surface area contributed by atoms with Crippen LogP contribution in [-0.2, 0) is 0 Å². The minimum absolute atomic E-state index is 1.03. The van der Waals surface area contributed by atoms with Crippen LogP contribution in [0.25, 0.3) is 21.7 Å². The van der Waals surface area contributed by atoms with Crippen molar-refractivity contribution in [2.24, 2.45) is 0 Å². The van der Waals surface area contributed by atoms with Crippen molar-refractivity contribution in [2.75, 3.05) is 0 Å². The van der Waals surface area contributed by atoms with Crippen LogP contribution in [0.2, 0.25) is 0 Å². The summed E-state index contributed by atoms with van der Waals surface area (Å²) in [5.41, 5.74) is 5.01. The topological polar surface area (TPSA) is 13.1 Å². The summed E-state index contributed by atoms with van der Waals surface area (Å²) in [6.45, 7) is 8.56. The van der Waals surface area contributed by atoms with E-state index in [1.807, 2.05) is 6.92 Å². The monoisotopic (exact) mass is 224 g/mol. The lowest BCUT2D eigenvalue weighted by atomic mass is 9.95. The molecule has 0 aliphatic carbocycles. The van der Waals surface area contributed by atoms with Crippen molar-refractivity contribution >= 4 is 21.7 Å². The molecule has 1 heteroatoms. The van der Waals surface area contributed by atoms with Gasteiger partial charge in [-0.2, -0.15) is 0 Å². The fraction of sp³-hybridized carbons (Fsp3) is 0.250. The first kappa shape index (κ1) is 10.4. The highest BCUT2D eigenvalue weighted by atomic mass is 16.3. The number of fused-ring (bicyclic) bond motifs is 3. The SMILES string of the molecule is Cc1oc2c(c1C)c(C)c(C)c1ccccc12. The summed E-state index contributed by atoms with van der Waals surface area (Å²) in [7, 11) is 0. The first-order valence-corrected chi connectivity index (χ1v) is 5.99. The van der Waals surface area contributed by atoms with Crippen LogP contribution in [0, 0.1) is 27.7 Å². The molecule has 3 rings (SSSR count). The molecule has 0 fully saturated rings. The van der Waals surface area contributed by atoms with E-state index < -0.39 is 0 Å². The first-order valence-electron chi connectivity index (χ1n) is 5.99. The first-order chi connectivity index (χ1) is 8.11. The normalized spacial score (nSPS) is 11.5. The van der Waals surface area contributed by atoms with Gasteiger partial charge in [0, 0.05) is 10.8 Å². The van der Waals surface area contributed by atoms with Crippen molar-refractivity contribution in [3.63, 3.8) is 0 Å². The van der Waals surface area contributed by atoms with Gasteiger partial charge in [0.1, 0.15) is 11.3 Å². The molecule has 0 saturated heterocycles. The van der Waals surface area contributed by atoms with Crippen molar-refractivity contribution in [1.29, 1.82) is 0 Å². The number of rotatable bonds is 0. The molecule has 86 valence electrons. The molecule has 0 radical (unpaired) electrons. The van der Waals surface area contributed by atoms with Crippen LogP contribution < -0.4 is 0 Å². The van der Waals surface area contributed by atoms with Crippen molar-refractivity contribution in [2.45, 2.75) is 27.7 Å². The lowest BCUT2D eigenvalue weighted by Gasteiger charge is -2.08. The van der Waals surface area contributed by atoms with Crippen LogP contribution in [0.5, 0.6) is 0 Å². The third kappa shape index (κ3) is 1.25. The van der Waals surface area contributed by atoms with Crippen molar-refractivity contribution in [3.05, 3.63) is 46.7 Å². The molecule has 0 saturated carbocycles. The van der Waals surface area contributed by atoms with Crippen LogP contribution in [-0.4, -0.2) is 0 Å². The second-order valence-electron chi connectivity index (χ2n) is 4.78. The Morgan fingerprint density at radius 1 is 0.765 bits per heavy atom. The van der Waals surface area contributed by atoms with Gasteiger partial charge in [0.05, 0.1) is 0 Å². The second-order valence-corrected chi connectivity index (χ2v) is 4.78. The summed E-state index contributed by atoms with van der Waals surface area (Å²) in [6, 6.07) is 8.48. The van der Waals surface area contributed by atoms with E-state index >= 15 is 0 Å². The molecule has 0 aliphatic rings. The number of aryl methyl sites for hydroxylation is 4. The van der Waals surface area contributed by atoms with Crippen LogP contribution in [0.15, 0.2) is 28.7 Å². The van der Waals surface area contributed by atoms with E-state index in [1.54, 1.807) is 0 Å². The van der Waals surface area contributed by atoms with Crippen LogP contribution >= 0.6 is 0 Å². The van der Waals surface area contributed by atoms with Gasteiger partial charge in [-0.25, -0.2) is 0 Å². The maximum atomic E-state index is 5.95. The lowest BCUT2D eigenvalue weighted by molar-refractivity contribution is 0.578.